The van der Waals surface area contributed by atoms with Gasteiger partial charge in [-0.1, -0.05) is 33.4 Å². The molecule has 6 heavy (non-hydrogen) atoms. The molecular formula is C5H10S. The van der Waals surface area contributed by atoms with Crippen molar-refractivity contribution >= 4 is 12.6 Å². The van der Waals surface area contributed by atoms with Gasteiger partial charge in [0.25, 0.3) is 0 Å². The molecule has 0 N–H and O–H groups in total. The smallest absolute Gasteiger partial charge is 0.0179 e. The molecule has 0 spiro atoms. The maximum Gasteiger partial charge on any atom is 0.0179 e. The van der Waals surface area contributed by atoms with Gasteiger partial charge in [-0.25, -0.2) is 0 Å². The molecule has 0 saturated carbocycles. The van der Waals surface area contributed by atoms with Gasteiger partial charge in [0.05, 0.1) is 0 Å². The Labute approximate surface area is 45.4 Å². The minimum Gasteiger partial charge on any atom is -0.0901 e. The van der Waals surface area contributed by atoms with E-state index in [1.807, 2.05) is 6.92 Å². The Morgan fingerprint density at radius 2 is 1.67 bits per heavy atom. The fourth-order valence-corrected chi connectivity index (χ4v) is 0. The van der Waals surface area contributed by atoms with Gasteiger partial charge >= 0.3 is 0 Å². The van der Waals surface area contributed by atoms with Gasteiger partial charge in [-0.3, -0.25) is 0 Å². The van der Waals surface area contributed by atoms with E-state index in [0.29, 0.717) is 5.25 Å². The topological polar surface area (TPSA) is 0 Å². The van der Waals surface area contributed by atoms with Crippen molar-refractivity contribution in [2.75, 3.05) is 0 Å². The lowest BCUT2D eigenvalue weighted by molar-refractivity contribution is 0.948. The summed E-state index contributed by atoms with van der Waals surface area (Å²) >= 11 is 4.87. The van der Waals surface area contributed by atoms with E-state index in [1.54, 1.807) is 0 Å². The highest BCUT2D eigenvalue weighted by Gasteiger charge is 1.98. The van der Waals surface area contributed by atoms with Gasteiger partial charge in [-0.05, 0) is 5.92 Å². The summed E-state index contributed by atoms with van der Waals surface area (Å²) in [4.78, 5) is 0. The molecule has 0 aliphatic heterocycles. The van der Waals surface area contributed by atoms with Crippen LogP contribution in [0.3, 0.4) is 0 Å². The van der Waals surface area contributed by atoms with Crippen LogP contribution in [0.25, 0.3) is 0 Å². The molecule has 0 aliphatic rings. The number of hydrogen-bond donors (Lipinski definition) is 0. The highest BCUT2D eigenvalue weighted by Crippen LogP contribution is 2.07. The van der Waals surface area contributed by atoms with Crippen LogP contribution in [0, 0.1) is 5.92 Å². The van der Waals surface area contributed by atoms with Gasteiger partial charge in [0, 0.05) is 5.25 Å². The van der Waals surface area contributed by atoms with Crippen molar-refractivity contribution in [3.8, 4) is 0 Å². The zero-order chi connectivity index (χ0) is 5.15. The molecule has 0 rings (SSSR count). The first-order chi connectivity index (χ1) is 2.64. The third kappa shape index (κ3) is 2.58. The van der Waals surface area contributed by atoms with E-state index in [2.05, 4.69) is 13.8 Å². The minimum atomic E-state index is 0.352. The van der Waals surface area contributed by atoms with E-state index in [1.165, 1.54) is 5.92 Å². The molecule has 0 amide bonds. The summed E-state index contributed by atoms with van der Waals surface area (Å²) in [5.74, 6) is 1.32. The fourth-order valence-electron chi connectivity index (χ4n) is 0. The van der Waals surface area contributed by atoms with Crippen molar-refractivity contribution in [1.82, 2.24) is 0 Å². The van der Waals surface area contributed by atoms with Gasteiger partial charge < -0.3 is 0 Å². The Kier molecular flexibility index (Phi) is 2.66. The molecular weight excluding hydrogens is 92.1 g/mol. The Morgan fingerprint density at radius 3 is 1.67 bits per heavy atom. The van der Waals surface area contributed by atoms with Gasteiger partial charge in [0.1, 0.15) is 0 Å². The van der Waals surface area contributed by atoms with E-state index in [4.69, 9.17) is 12.6 Å². The zero-order valence-corrected chi connectivity index (χ0v) is 5.30. The Bertz CT molecular complexity index is 24.9. The van der Waals surface area contributed by atoms with E-state index in [-0.39, 0.29) is 0 Å². The normalized spacial score (nSPS) is 15.5. The lowest BCUT2D eigenvalue weighted by atomic mass is 10.2. The molecule has 0 bridgehead atoms. The molecule has 1 unspecified atom stereocenters. The van der Waals surface area contributed by atoms with Crippen LogP contribution >= 0.6 is 12.6 Å². The third-order valence-corrected chi connectivity index (χ3v) is 1.28. The fraction of sp³-hybridized carbons (Fsp3) is 0.800. The first-order valence-corrected chi connectivity index (χ1v) is 2.57. The summed E-state index contributed by atoms with van der Waals surface area (Å²) in [6, 6.07) is 0. The van der Waals surface area contributed by atoms with E-state index in [9.17, 15) is 0 Å². The summed E-state index contributed by atoms with van der Waals surface area (Å²) in [6.45, 7) is 6.12. The van der Waals surface area contributed by atoms with Gasteiger partial charge in [0.15, 0.2) is 0 Å². The van der Waals surface area contributed by atoms with Crippen LogP contribution < -0.4 is 0 Å². The monoisotopic (exact) mass is 102 g/mol. The lowest BCUT2D eigenvalue weighted by Gasteiger charge is -2.02. The van der Waals surface area contributed by atoms with Crippen LogP contribution in [0.1, 0.15) is 20.8 Å². The molecule has 0 fully saturated rings. The summed E-state index contributed by atoms with van der Waals surface area (Å²) in [5, 5.41) is 0.352. The van der Waals surface area contributed by atoms with E-state index in [0.717, 1.165) is 0 Å². The van der Waals surface area contributed by atoms with E-state index >= 15 is 0 Å². The maximum absolute atomic E-state index is 4.87. The Hall–Kier alpha value is 0.350. The average molecular weight is 102 g/mol. The van der Waals surface area contributed by atoms with Crippen molar-refractivity contribution in [2.24, 2.45) is 0 Å². The molecule has 0 aromatic carbocycles. The summed E-state index contributed by atoms with van der Waals surface area (Å²) < 4.78 is 0. The van der Waals surface area contributed by atoms with Crippen LogP contribution in [0.15, 0.2) is 0 Å². The quantitative estimate of drug-likeness (QED) is 0.476. The van der Waals surface area contributed by atoms with Crippen LogP contribution in [0.5, 0.6) is 0 Å². The highest BCUT2D eigenvalue weighted by atomic mass is 32.1. The van der Waals surface area contributed by atoms with Gasteiger partial charge in [0.2, 0.25) is 0 Å². The van der Waals surface area contributed by atoms with Crippen molar-refractivity contribution < 1.29 is 0 Å². The second kappa shape index (κ2) is 2.51. The molecule has 0 aromatic rings. The SMILES string of the molecule is C[C](C)C(C)[S]. The lowest BCUT2D eigenvalue weighted by Crippen LogP contribution is -1.97. The summed E-state index contributed by atoms with van der Waals surface area (Å²) in [7, 11) is 0. The molecule has 1 atom stereocenters. The highest BCUT2D eigenvalue weighted by molar-refractivity contribution is 7.81. The Morgan fingerprint density at radius 1 is 1.50 bits per heavy atom. The summed E-state index contributed by atoms with van der Waals surface area (Å²) in [5.41, 5.74) is 0. The zero-order valence-electron chi connectivity index (χ0n) is 4.49. The first-order valence-electron chi connectivity index (χ1n) is 2.10. The molecule has 0 heterocycles. The predicted octanol–water partition coefficient (Wildman–Crippen LogP) is 2.19. The van der Waals surface area contributed by atoms with Crippen LogP contribution in [0.2, 0.25) is 0 Å². The standard InChI is InChI=1S/C5H10S/c1-4(2)5(3)6/h5H,1-3H3. The summed E-state index contributed by atoms with van der Waals surface area (Å²) in [6.07, 6.45) is 0. The predicted molar refractivity (Wildman–Crippen MR) is 31.6 cm³/mol. The maximum atomic E-state index is 4.87. The van der Waals surface area contributed by atoms with Crippen LogP contribution in [0.4, 0.5) is 0 Å². The average Bonchev–Trinajstić information content (AvgIpc) is 1.36. The molecule has 2 radical (unpaired) electrons. The third-order valence-electron chi connectivity index (χ3n) is 0.813. The molecule has 0 nitrogen and oxygen atoms in total. The molecule has 0 aromatic heterocycles. The second-order valence-electron chi connectivity index (χ2n) is 1.72. The number of rotatable bonds is 1. The first kappa shape index (κ1) is 6.35. The molecule has 36 valence electrons. The minimum absolute atomic E-state index is 0.352. The Balaban J connectivity index is 2.99. The largest absolute Gasteiger partial charge is 0.0901 e. The van der Waals surface area contributed by atoms with E-state index < -0.39 is 0 Å². The van der Waals surface area contributed by atoms with Crippen molar-refractivity contribution in [2.45, 2.75) is 26.0 Å². The van der Waals surface area contributed by atoms with Crippen LogP contribution in [-0.4, -0.2) is 5.25 Å². The van der Waals surface area contributed by atoms with Crippen molar-refractivity contribution in [1.29, 1.82) is 0 Å². The number of hydrogen-bond acceptors (Lipinski definition) is 0. The molecule has 0 aliphatic carbocycles. The molecule has 1 heteroatoms. The van der Waals surface area contributed by atoms with Crippen molar-refractivity contribution in [3.63, 3.8) is 0 Å². The van der Waals surface area contributed by atoms with Gasteiger partial charge in [-0.2, -0.15) is 0 Å². The second-order valence-corrected chi connectivity index (χ2v) is 2.43. The van der Waals surface area contributed by atoms with Crippen molar-refractivity contribution in [3.05, 3.63) is 5.92 Å². The van der Waals surface area contributed by atoms with Crippen LogP contribution in [-0.2, 0) is 0 Å². The molecule has 0 saturated heterocycles. The van der Waals surface area contributed by atoms with Gasteiger partial charge in [-0.15, -0.1) is 0 Å².